The molecule has 2 aromatic rings. The lowest BCUT2D eigenvalue weighted by Crippen LogP contribution is -2.61. The van der Waals surface area contributed by atoms with Crippen molar-refractivity contribution in [2.45, 2.75) is 17.7 Å². The maximum atomic E-state index is 13.4. The second-order valence-electron chi connectivity index (χ2n) is 7.53. The number of hydrogen-bond acceptors (Lipinski definition) is 6. The molecule has 0 spiro atoms. The molecular weight excluding hydrogens is 418 g/mol. The summed E-state index contributed by atoms with van der Waals surface area (Å²) in [6.45, 7) is 0.804. The summed E-state index contributed by atoms with van der Waals surface area (Å²) >= 11 is 0. The number of hydroxylamine groups is 2. The quantitative estimate of drug-likeness (QED) is 0.385. The van der Waals surface area contributed by atoms with E-state index in [1.54, 1.807) is 12.1 Å². The van der Waals surface area contributed by atoms with Crippen LogP contribution in [0.4, 0.5) is 4.79 Å². The molecule has 1 saturated heterocycles. The predicted octanol–water partition coefficient (Wildman–Crippen LogP) is 2.71. The van der Waals surface area contributed by atoms with E-state index in [9.17, 15) is 18.4 Å². The Morgan fingerprint density at radius 3 is 2.23 bits per heavy atom. The second kappa shape index (κ2) is 9.51. The fourth-order valence-electron chi connectivity index (χ4n) is 3.60. The summed E-state index contributed by atoms with van der Waals surface area (Å²) in [5.41, 5.74) is 5.95. The molecule has 0 radical (unpaired) electrons. The Bertz CT molecular complexity index is 1020. The predicted molar refractivity (Wildman–Crippen MR) is 118 cm³/mol. The monoisotopic (exact) mass is 445 g/mol. The zero-order chi connectivity index (χ0) is 22.5. The molecule has 0 saturated carbocycles. The molecule has 1 aliphatic heterocycles. The number of amides is 2. The van der Waals surface area contributed by atoms with E-state index in [2.05, 4.69) is 0 Å². The van der Waals surface area contributed by atoms with Gasteiger partial charge in [-0.2, -0.15) is 5.06 Å². The SMILES string of the molecule is CN1CCC(N(O)C(N)=O)(S(=O)(=O)CC=C(Oc2ccccc2)c2ccccc2)CC1. The summed E-state index contributed by atoms with van der Waals surface area (Å²) < 4.78 is 32.8. The van der Waals surface area contributed by atoms with E-state index in [1.807, 2.05) is 60.5 Å². The summed E-state index contributed by atoms with van der Waals surface area (Å²) in [4.78, 5) is 11.9. The van der Waals surface area contributed by atoms with Gasteiger partial charge >= 0.3 is 6.03 Å². The Hall–Kier alpha value is -2.88. The van der Waals surface area contributed by atoms with Crippen LogP contribution in [0.3, 0.4) is 0 Å². The van der Waals surface area contributed by atoms with Crippen LogP contribution in [0.25, 0.3) is 5.76 Å². The summed E-state index contributed by atoms with van der Waals surface area (Å²) in [7, 11) is -2.17. The smallest absolute Gasteiger partial charge is 0.340 e. The Morgan fingerprint density at radius 2 is 1.68 bits per heavy atom. The molecule has 0 unspecified atom stereocenters. The summed E-state index contributed by atoms with van der Waals surface area (Å²) in [5.74, 6) is 0.491. The molecule has 8 nitrogen and oxygen atoms in total. The first-order valence-electron chi connectivity index (χ1n) is 9.93. The number of nitrogens with two attached hydrogens (primary N) is 1. The molecule has 0 aromatic heterocycles. The summed E-state index contributed by atoms with van der Waals surface area (Å²) in [5, 5.41) is 10.5. The molecule has 3 rings (SSSR count). The Kier molecular flexibility index (Phi) is 6.99. The van der Waals surface area contributed by atoms with E-state index >= 15 is 0 Å². The lowest BCUT2D eigenvalue weighted by Gasteiger charge is -2.43. The molecule has 2 aromatic carbocycles. The van der Waals surface area contributed by atoms with E-state index in [-0.39, 0.29) is 17.9 Å². The number of carbonyl (C=O) groups is 1. The number of carbonyl (C=O) groups excluding carboxylic acids is 1. The van der Waals surface area contributed by atoms with Gasteiger partial charge in [-0.05, 0) is 25.3 Å². The lowest BCUT2D eigenvalue weighted by molar-refractivity contribution is -0.106. The maximum absolute atomic E-state index is 13.4. The Labute approximate surface area is 182 Å². The van der Waals surface area contributed by atoms with Crippen LogP contribution in [0, 0.1) is 0 Å². The molecule has 0 aliphatic carbocycles. The molecule has 1 fully saturated rings. The van der Waals surface area contributed by atoms with E-state index in [0.29, 0.717) is 30.2 Å². The van der Waals surface area contributed by atoms with Gasteiger partial charge in [-0.15, -0.1) is 0 Å². The number of nitrogens with zero attached hydrogens (tertiary/aromatic N) is 2. The van der Waals surface area contributed by atoms with Crippen molar-refractivity contribution in [3.05, 3.63) is 72.3 Å². The van der Waals surface area contributed by atoms with E-state index in [0.717, 1.165) is 0 Å². The van der Waals surface area contributed by atoms with Crippen molar-refractivity contribution in [2.24, 2.45) is 5.73 Å². The molecule has 166 valence electrons. The van der Waals surface area contributed by atoms with Crippen molar-refractivity contribution in [3.63, 3.8) is 0 Å². The van der Waals surface area contributed by atoms with Gasteiger partial charge in [0.2, 0.25) is 0 Å². The number of sulfone groups is 1. The number of likely N-dealkylation sites (tertiary alicyclic amines) is 1. The number of hydrogen-bond donors (Lipinski definition) is 2. The minimum atomic E-state index is -4.02. The molecular formula is C22H27N3O5S. The Balaban J connectivity index is 1.95. The number of urea groups is 1. The number of rotatable bonds is 7. The van der Waals surface area contributed by atoms with Crippen molar-refractivity contribution >= 4 is 21.6 Å². The van der Waals surface area contributed by atoms with Gasteiger partial charge in [-0.3, -0.25) is 5.21 Å². The number of primary amides is 1. The van der Waals surface area contributed by atoms with E-state index in [4.69, 9.17) is 10.5 Å². The highest BCUT2D eigenvalue weighted by atomic mass is 32.2. The summed E-state index contributed by atoms with van der Waals surface area (Å²) in [6, 6.07) is 17.0. The molecule has 9 heteroatoms. The van der Waals surface area contributed by atoms with E-state index in [1.165, 1.54) is 6.08 Å². The summed E-state index contributed by atoms with van der Waals surface area (Å²) in [6.07, 6.45) is 1.57. The number of piperidine rings is 1. The van der Waals surface area contributed by atoms with Crippen LogP contribution in [0.15, 0.2) is 66.7 Å². The van der Waals surface area contributed by atoms with Crippen LogP contribution in [0.5, 0.6) is 5.75 Å². The lowest BCUT2D eigenvalue weighted by atomic mass is 10.0. The number of para-hydroxylation sites is 1. The topological polar surface area (TPSA) is 113 Å². The van der Waals surface area contributed by atoms with Gasteiger partial charge in [-0.25, -0.2) is 13.2 Å². The van der Waals surface area contributed by atoms with Crippen LogP contribution >= 0.6 is 0 Å². The van der Waals surface area contributed by atoms with Crippen LogP contribution in [0.2, 0.25) is 0 Å². The Morgan fingerprint density at radius 1 is 1.13 bits per heavy atom. The fraction of sp³-hybridized carbons (Fsp3) is 0.318. The second-order valence-corrected chi connectivity index (χ2v) is 9.85. The zero-order valence-electron chi connectivity index (χ0n) is 17.3. The van der Waals surface area contributed by atoms with Crippen LogP contribution < -0.4 is 10.5 Å². The third kappa shape index (κ3) is 5.07. The van der Waals surface area contributed by atoms with Crippen molar-refractivity contribution in [1.82, 2.24) is 9.96 Å². The number of ether oxygens (including phenoxy) is 1. The van der Waals surface area contributed by atoms with Crippen LogP contribution in [-0.2, 0) is 9.84 Å². The standard InChI is InChI=1S/C22H27N3O5S/c1-24-15-13-22(14-16-24,25(27)21(23)26)31(28,29)17-12-20(18-8-4-2-5-9-18)30-19-10-6-3-7-11-19/h2-12,27H,13-17H2,1H3,(H2,23,26). The van der Waals surface area contributed by atoms with Crippen LogP contribution in [-0.4, -0.2) is 60.4 Å². The first kappa shape index (κ1) is 22.8. The van der Waals surface area contributed by atoms with Crippen molar-refractivity contribution in [3.8, 4) is 5.75 Å². The first-order valence-corrected chi connectivity index (χ1v) is 11.6. The van der Waals surface area contributed by atoms with Gasteiger partial charge in [0.15, 0.2) is 14.7 Å². The normalized spacial score (nSPS) is 17.2. The average Bonchev–Trinajstić information content (AvgIpc) is 2.78. The van der Waals surface area contributed by atoms with Crippen LogP contribution in [0.1, 0.15) is 18.4 Å². The molecule has 1 heterocycles. The third-order valence-electron chi connectivity index (χ3n) is 5.46. The van der Waals surface area contributed by atoms with Gasteiger partial charge < -0.3 is 15.4 Å². The number of benzene rings is 2. The molecule has 31 heavy (non-hydrogen) atoms. The minimum absolute atomic E-state index is 0.0549. The largest absolute Gasteiger partial charge is 0.457 e. The molecule has 0 atom stereocenters. The van der Waals surface area contributed by atoms with Crippen molar-refractivity contribution in [2.75, 3.05) is 25.9 Å². The van der Waals surface area contributed by atoms with Crippen molar-refractivity contribution < 1.29 is 23.2 Å². The third-order valence-corrected chi connectivity index (χ3v) is 7.80. The molecule has 2 amide bonds. The molecule has 3 N–H and O–H groups in total. The van der Waals surface area contributed by atoms with Gasteiger partial charge in [0.05, 0.1) is 5.75 Å². The fourth-order valence-corrected chi connectivity index (χ4v) is 5.44. The maximum Gasteiger partial charge on any atom is 0.340 e. The van der Waals surface area contributed by atoms with Gasteiger partial charge in [0, 0.05) is 31.5 Å². The van der Waals surface area contributed by atoms with Gasteiger partial charge in [0.1, 0.15) is 11.5 Å². The highest BCUT2D eigenvalue weighted by Crippen LogP contribution is 2.34. The highest BCUT2D eigenvalue weighted by Gasteiger charge is 2.51. The minimum Gasteiger partial charge on any atom is -0.457 e. The van der Waals surface area contributed by atoms with E-state index < -0.39 is 26.5 Å². The highest BCUT2D eigenvalue weighted by molar-refractivity contribution is 7.92. The first-order chi connectivity index (χ1) is 14.7. The molecule has 0 bridgehead atoms. The molecule has 1 aliphatic rings. The van der Waals surface area contributed by atoms with Crippen molar-refractivity contribution in [1.29, 1.82) is 0 Å². The zero-order valence-corrected chi connectivity index (χ0v) is 18.2. The average molecular weight is 446 g/mol. The van der Waals surface area contributed by atoms with Gasteiger partial charge in [0.25, 0.3) is 0 Å². The van der Waals surface area contributed by atoms with Gasteiger partial charge in [-0.1, -0.05) is 48.5 Å².